The predicted molar refractivity (Wildman–Crippen MR) is 74.9 cm³/mol. The van der Waals surface area contributed by atoms with Crippen molar-refractivity contribution in [2.24, 2.45) is 0 Å². The van der Waals surface area contributed by atoms with Gasteiger partial charge in [0.2, 0.25) is 11.9 Å². The van der Waals surface area contributed by atoms with Crippen molar-refractivity contribution in [3.8, 4) is 12.1 Å². The van der Waals surface area contributed by atoms with Gasteiger partial charge < -0.3 is 15.4 Å². The predicted octanol–water partition coefficient (Wildman–Crippen LogP) is 2.07. The molecule has 0 aliphatic rings. The maximum Gasteiger partial charge on any atom is 0.323 e. The first kappa shape index (κ1) is 14.5. The number of hydrogen-bond donors (Lipinski definition) is 2. The zero-order chi connectivity index (χ0) is 15.2. The van der Waals surface area contributed by atoms with E-state index in [2.05, 4.69) is 25.6 Å². The van der Waals surface area contributed by atoms with Gasteiger partial charge in [-0.25, -0.2) is 4.39 Å². The van der Waals surface area contributed by atoms with Crippen LogP contribution < -0.4 is 15.4 Å². The Morgan fingerprint density at radius 2 is 2.05 bits per heavy atom. The molecule has 8 heteroatoms. The molecule has 0 aliphatic carbocycles. The number of nitrogens with one attached hydrogen (secondary N) is 2. The van der Waals surface area contributed by atoms with Gasteiger partial charge in [0.15, 0.2) is 0 Å². The van der Waals surface area contributed by atoms with E-state index in [9.17, 15) is 4.39 Å². The molecule has 0 atom stereocenters. The molecule has 21 heavy (non-hydrogen) atoms. The second kappa shape index (κ2) is 6.47. The summed E-state index contributed by atoms with van der Waals surface area (Å²) in [7, 11) is 1.65. The van der Waals surface area contributed by atoms with E-state index in [0.717, 1.165) is 0 Å². The van der Waals surface area contributed by atoms with Crippen LogP contribution in [0.25, 0.3) is 0 Å². The fourth-order valence-electron chi connectivity index (χ4n) is 1.58. The van der Waals surface area contributed by atoms with Crippen LogP contribution >= 0.6 is 0 Å². The van der Waals surface area contributed by atoms with Gasteiger partial charge in [-0.1, -0.05) is 6.07 Å². The number of benzene rings is 1. The Morgan fingerprint density at radius 3 is 2.71 bits per heavy atom. The van der Waals surface area contributed by atoms with E-state index >= 15 is 0 Å². The first-order chi connectivity index (χ1) is 10.2. The van der Waals surface area contributed by atoms with Crippen molar-refractivity contribution in [1.29, 1.82) is 5.26 Å². The molecule has 7 nitrogen and oxygen atoms in total. The third-order valence-corrected chi connectivity index (χ3v) is 2.48. The first-order valence-electron chi connectivity index (χ1n) is 6.20. The fraction of sp³-hybridized carbons (Fsp3) is 0.231. The Bertz CT molecular complexity index is 685. The lowest BCUT2D eigenvalue weighted by Gasteiger charge is -2.09. The molecule has 0 spiro atoms. The van der Waals surface area contributed by atoms with Crippen LogP contribution in [-0.4, -0.2) is 28.6 Å². The minimum atomic E-state index is -0.615. The lowest BCUT2D eigenvalue weighted by atomic mass is 10.2. The second-order valence-electron chi connectivity index (χ2n) is 3.85. The van der Waals surface area contributed by atoms with Crippen LogP contribution in [0.5, 0.6) is 6.01 Å². The van der Waals surface area contributed by atoms with Crippen molar-refractivity contribution in [3.05, 3.63) is 29.6 Å². The van der Waals surface area contributed by atoms with Crippen molar-refractivity contribution in [1.82, 2.24) is 15.0 Å². The number of hydrogen-bond acceptors (Lipinski definition) is 7. The SMILES string of the molecule is CCOc1nc(NC)nc(Nc2cccc(F)c2C#N)n1. The number of anilines is 3. The lowest BCUT2D eigenvalue weighted by molar-refractivity contribution is 0.312. The molecular weight excluding hydrogens is 275 g/mol. The number of aromatic nitrogens is 3. The molecule has 2 rings (SSSR count). The summed E-state index contributed by atoms with van der Waals surface area (Å²) in [6.45, 7) is 2.20. The van der Waals surface area contributed by atoms with E-state index in [1.807, 2.05) is 0 Å². The average Bonchev–Trinajstić information content (AvgIpc) is 2.47. The van der Waals surface area contributed by atoms with Crippen molar-refractivity contribution in [3.63, 3.8) is 0 Å². The molecular formula is C13H13FN6O. The summed E-state index contributed by atoms with van der Waals surface area (Å²) < 4.78 is 18.8. The Hall–Kier alpha value is -2.95. The number of nitriles is 1. The highest BCUT2D eigenvalue weighted by molar-refractivity contribution is 5.63. The molecule has 0 amide bonds. The zero-order valence-electron chi connectivity index (χ0n) is 11.5. The normalized spacial score (nSPS) is 9.81. The van der Waals surface area contributed by atoms with E-state index in [-0.39, 0.29) is 23.2 Å². The third kappa shape index (κ3) is 3.33. The zero-order valence-corrected chi connectivity index (χ0v) is 11.5. The number of ether oxygens (including phenoxy) is 1. The van der Waals surface area contributed by atoms with E-state index in [4.69, 9.17) is 10.00 Å². The highest BCUT2D eigenvalue weighted by atomic mass is 19.1. The highest BCUT2D eigenvalue weighted by Gasteiger charge is 2.11. The molecule has 0 saturated carbocycles. The van der Waals surface area contributed by atoms with E-state index < -0.39 is 5.82 Å². The summed E-state index contributed by atoms with van der Waals surface area (Å²) in [5, 5.41) is 14.6. The maximum absolute atomic E-state index is 13.5. The van der Waals surface area contributed by atoms with Gasteiger partial charge in [-0.2, -0.15) is 20.2 Å². The molecule has 0 fully saturated rings. The Labute approximate surface area is 120 Å². The van der Waals surface area contributed by atoms with Crippen molar-refractivity contribution in [2.75, 3.05) is 24.3 Å². The molecule has 0 bridgehead atoms. The average molecular weight is 288 g/mol. The number of halogens is 1. The Kier molecular flexibility index (Phi) is 4.46. The molecule has 2 aromatic rings. The van der Waals surface area contributed by atoms with Gasteiger partial charge in [-0.15, -0.1) is 0 Å². The van der Waals surface area contributed by atoms with Crippen molar-refractivity contribution < 1.29 is 9.13 Å². The van der Waals surface area contributed by atoms with Gasteiger partial charge in [0.05, 0.1) is 12.3 Å². The van der Waals surface area contributed by atoms with Gasteiger partial charge >= 0.3 is 6.01 Å². The molecule has 0 aliphatic heterocycles. The van der Waals surface area contributed by atoms with Gasteiger partial charge in [-0.05, 0) is 19.1 Å². The number of nitrogens with zero attached hydrogens (tertiary/aromatic N) is 4. The molecule has 0 saturated heterocycles. The molecule has 0 radical (unpaired) electrons. The van der Waals surface area contributed by atoms with Crippen molar-refractivity contribution in [2.45, 2.75) is 6.92 Å². The first-order valence-corrected chi connectivity index (χ1v) is 6.20. The van der Waals surface area contributed by atoms with Crippen LogP contribution in [0.3, 0.4) is 0 Å². The van der Waals surface area contributed by atoms with Gasteiger partial charge in [0, 0.05) is 7.05 Å². The Morgan fingerprint density at radius 1 is 1.29 bits per heavy atom. The Balaban J connectivity index is 2.37. The van der Waals surface area contributed by atoms with Gasteiger partial charge in [0.25, 0.3) is 0 Å². The van der Waals surface area contributed by atoms with E-state index in [1.165, 1.54) is 12.1 Å². The standard InChI is InChI=1S/C13H13FN6O/c1-3-21-13-19-11(16-2)18-12(20-13)17-10-6-4-5-9(14)8(10)7-15/h4-6H,3H2,1-2H3,(H2,16,17,18,19,20). The molecule has 1 aromatic carbocycles. The van der Waals surface area contributed by atoms with Crippen LogP contribution in [0, 0.1) is 17.1 Å². The minimum Gasteiger partial charge on any atom is -0.464 e. The fourth-order valence-corrected chi connectivity index (χ4v) is 1.58. The molecule has 2 N–H and O–H groups in total. The van der Waals surface area contributed by atoms with Crippen LogP contribution in [-0.2, 0) is 0 Å². The minimum absolute atomic E-state index is 0.109. The molecule has 0 unspecified atom stereocenters. The topological polar surface area (TPSA) is 95.8 Å². The number of rotatable bonds is 5. The monoisotopic (exact) mass is 288 g/mol. The smallest absolute Gasteiger partial charge is 0.323 e. The maximum atomic E-state index is 13.5. The second-order valence-corrected chi connectivity index (χ2v) is 3.85. The highest BCUT2D eigenvalue weighted by Crippen LogP contribution is 2.22. The molecule has 1 heterocycles. The largest absolute Gasteiger partial charge is 0.464 e. The quantitative estimate of drug-likeness (QED) is 0.869. The summed E-state index contributed by atoms with van der Waals surface area (Å²) >= 11 is 0. The summed E-state index contributed by atoms with van der Waals surface area (Å²) in [5.74, 6) is -0.166. The summed E-state index contributed by atoms with van der Waals surface area (Å²) in [4.78, 5) is 12.1. The van der Waals surface area contributed by atoms with E-state index in [1.54, 1.807) is 26.1 Å². The van der Waals surface area contributed by atoms with Crippen LogP contribution in [0.1, 0.15) is 12.5 Å². The van der Waals surface area contributed by atoms with E-state index in [0.29, 0.717) is 12.6 Å². The third-order valence-electron chi connectivity index (χ3n) is 2.48. The van der Waals surface area contributed by atoms with Crippen molar-refractivity contribution >= 4 is 17.6 Å². The van der Waals surface area contributed by atoms with Crippen LogP contribution in [0.2, 0.25) is 0 Å². The van der Waals surface area contributed by atoms with Crippen LogP contribution in [0.15, 0.2) is 18.2 Å². The molecule has 1 aromatic heterocycles. The molecule has 108 valence electrons. The van der Waals surface area contributed by atoms with Crippen LogP contribution in [0.4, 0.5) is 22.0 Å². The lowest BCUT2D eigenvalue weighted by Crippen LogP contribution is -2.07. The van der Waals surface area contributed by atoms with Gasteiger partial charge in [0.1, 0.15) is 17.4 Å². The van der Waals surface area contributed by atoms with Gasteiger partial charge in [-0.3, -0.25) is 0 Å². The summed E-state index contributed by atoms with van der Waals surface area (Å²) in [6.07, 6.45) is 0. The summed E-state index contributed by atoms with van der Waals surface area (Å²) in [5.41, 5.74) is 0.162. The summed E-state index contributed by atoms with van der Waals surface area (Å²) in [6, 6.07) is 6.19.